The van der Waals surface area contributed by atoms with Crippen LogP contribution in [0.1, 0.15) is 0 Å². The summed E-state index contributed by atoms with van der Waals surface area (Å²) in [6, 6.07) is 0. The Morgan fingerprint density at radius 2 is 1.11 bits per heavy atom. The van der Waals surface area contributed by atoms with Crippen LogP contribution in [0.25, 0.3) is 0 Å². The number of rotatable bonds is 0. The van der Waals surface area contributed by atoms with Crippen LogP contribution in [0.2, 0.25) is 0 Å². The fraction of sp³-hybridized carbons (Fsp3) is 1.00. The first-order valence-corrected chi connectivity index (χ1v) is 2.77. The molecule has 0 bridgehead atoms. The molecule has 3 nitrogen and oxygen atoms in total. The maximum absolute atomic E-state index is 9.19. The van der Waals surface area contributed by atoms with Crippen LogP contribution in [0, 0.1) is 0 Å². The summed E-state index contributed by atoms with van der Waals surface area (Å²) in [5.74, 6) is 0. The Labute approximate surface area is 66.2 Å². The summed E-state index contributed by atoms with van der Waals surface area (Å²) < 4.78 is 25.9. The minimum absolute atomic E-state index is 0. The van der Waals surface area contributed by atoms with Crippen molar-refractivity contribution >= 4 is 10.1 Å². The van der Waals surface area contributed by atoms with Crippen molar-refractivity contribution in [3.05, 3.63) is 0 Å². The molecule has 0 aromatic carbocycles. The van der Waals surface area contributed by atoms with Crippen LogP contribution in [0.15, 0.2) is 0 Å². The largest absolute Gasteiger partial charge is 1.00 e. The average Bonchev–Trinajstić information content (AvgIpc) is 0.722. The molecule has 0 atom stereocenters. The van der Waals surface area contributed by atoms with Gasteiger partial charge in [-0.15, -0.1) is 0 Å². The Morgan fingerprint density at radius 1 is 1.11 bits per heavy atom. The van der Waals surface area contributed by atoms with Crippen LogP contribution >= 0.6 is 0 Å². The topological polar surface area (TPSA) is 54.4 Å². The third-order valence-corrected chi connectivity index (χ3v) is 0. The third kappa shape index (κ3) is 1810. The molecule has 1 radical (unpaired) electrons. The van der Waals surface area contributed by atoms with Crippen molar-refractivity contribution in [2.45, 2.75) is 0 Å². The van der Waals surface area contributed by atoms with Gasteiger partial charge in [-0.3, -0.25) is 4.55 Å². The quantitative estimate of drug-likeness (QED) is 0.348. The Balaban J connectivity index is -0.0000000133. The minimum Gasteiger partial charge on any atom is -1.00 e. The second-order valence-electron chi connectivity index (χ2n) is 0.733. The Kier molecular flexibility index (Phi) is 42.7. The summed E-state index contributed by atoms with van der Waals surface area (Å²) in [5.41, 5.74) is 0. The zero-order valence-electron chi connectivity index (χ0n) is 4.11. The van der Waals surface area contributed by atoms with Crippen LogP contribution in [-0.4, -0.2) is 19.2 Å². The molecule has 0 aromatic rings. The van der Waals surface area contributed by atoms with Crippen molar-refractivity contribution in [3.63, 3.8) is 0 Å². The molecule has 0 spiro atoms. The van der Waals surface area contributed by atoms with Gasteiger partial charge >= 0.3 is 0 Å². The number of halogens is 3. The second kappa shape index (κ2) is 11.3. The normalized spacial score (nSPS) is 6.44. The molecule has 0 rings (SSSR count). The van der Waals surface area contributed by atoms with Gasteiger partial charge in [-0.05, 0) is 0 Å². The molecule has 1 N–H and O–H groups in total. The van der Waals surface area contributed by atoms with E-state index in [-0.39, 0.29) is 36.5 Å². The van der Waals surface area contributed by atoms with Crippen molar-refractivity contribution in [3.8, 4) is 0 Å². The van der Waals surface area contributed by atoms with E-state index in [1.165, 1.54) is 0 Å². The predicted octanol–water partition coefficient (Wildman–Crippen LogP) is -9.49. The monoisotopic (exact) mass is 260 g/mol. The zero-order valence-corrected chi connectivity index (χ0v) is 6.41. The van der Waals surface area contributed by atoms with Gasteiger partial charge in [0.1, 0.15) is 0 Å². The summed E-state index contributed by atoms with van der Waals surface area (Å²) in [6.45, 7) is 0. The third-order valence-electron chi connectivity index (χ3n) is 0. The van der Waals surface area contributed by atoms with Gasteiger partial charge in [0, 0.05) is 22.4 Å². The van der Waals surface area contributed by atoms with Gasteiger partial charge in [0.15, 0.2) is 0 Å². The average molecular weight is 261 g/mol. The van der Waals surface area contributed by atoms with Crippen LogP contribution in [0.3, 0.4) is 0 Å². The van der Waals surface area contributed by atoms with Gasteiger partial charge in [-0.2, -0.15) is 8.42 Å². The molecule has 8 heteroatoms. The molecule has 0 aliphatic heterocycles. The Morgan fingerprint density at radius 3 is 1.11 bits per heavy atom. The molecule has 67 valence electrons. The van der Waals surface area contributed by atoms with Crippen molar-refractivity contribution in [1.82, 2.24) is 0 Å². The molecule has 0 fully saturated rings. The fourth-order valence-corrected chi connectivity index (χ4v) is 0. The summed E-state index contributed by atoms with van der Waals surface area (Å²) in [6.07, 6.45) is 0.715. The van der Waals surface area contributed by atoms with Gasteiger partial charge in [0.25, 0.3) is 10.1 Å². The van der Waals surface area contributed by atoms with Gasteiger partial charge in [-0.25, -0.2) is 0 Å². The molecule has 0 aromatic heterocycles. The summed E-state index contributed by atoms with van der Waals surface area (Å²) in [7, 11) is -3.67. The maximum atomic E-state index is 9.19. The van der Waals surface area contributed by atoms with E-state index in [1.54, 1.807) is 0 Å². The van der Waals surface area contributed by atoms with Crippen molar-refractivity contribution in [1.29, 1.82) is 0 Å². The molecule has 0 aliphatic carbocycles. The summed E-state index contributed by atoms with van der Waals surface area (Å²) in [4.78, 5) is 0. The molecule has 0 saturated heterocycles. The first kappa shape index (κ1) is 34.1. The van der Waals surface area contributed by atoms with Gasteiger partial charge < -0.3 is 14.1 Å². The first-order valence-electron chi connectivity index (χ1n) is 0.924. The maximum Gasteiger partial charge on any atom is 0.261 e. The predicted molar refractivity (Wildman–Crippen MR) is 17.5 cm³/mol. The van der Waals surface area contributed by atoms with Crippen molar-refractivity contribution in [2.75, 3.05) is 6.26 Å². The fourth-order valence-electron chi connectivity index (χ4n) is 0. The van der Waals surface area contributed by atoms with E-state index in [0.29, 0.717) is 6.26 Å². The van der Waals surface area contributed by atoms with Gasteiger partial charge in [-0.1, -0.05) is 0 Å². The molecular formula is CH4AgF3O3S-3. The number of hydrogen-bond donors (Lipinski definition) is 1. The first-order chi connectivity index (χ1) is 2.00. The molecule has 0 aliphatic rings. The van der Waals surface area contributed by atoms with Gasteiger partial charge in [0.05, 0.1) is 6.26 Å². The molecule has 0 unspecified atom stereocenters. The van der Waals surface area contributed by atoms with Gasteiger partial charge in [0.2, 0.25) is 0 Å². The summed E-state index contributed by atoms with van der Waals surface area (Å²) >= 11 is 0. The van der Waals surface area contributed by atoms with E-state index in [1.807, 2.05) is 0 Å². The Bertz CT molecular complexity index is 102. The standard InChI is InChI=1S/CH4O3S.Ag.3FH/c1-5(2,3)4;;;;/h1H3,(H,2,3,4);;3*1H/p-3. The van der Waals surface area contributed by atoms with Crippen LogP contribution < -0.4 is 14.1 Å². The van der Waals surface area contributed by atoms with E-state index in [9.17, 15) is 8.42 Å². The van der Waals surface area contributed by atoms with Crippen molar-refractivity contribution in [2.24, 2.45) is 0 Å². The Hall–Kier alpha value is 0.440. The van der Waals surface area contributed by atoms with Crippen LogP contribution in [0.5, 0.6) is 0 Å². The molecule has 0 heterocycles. The zero-order chi connectivity index (χ0) is 4.50. The van der Waals surface area contributed by atoms with Crippen LogP contribution in [0.4, 0.5) is 0 Å². The SMILES string of the molecule is CS(=O)(=O)O.[Ag].[F-].[F-].[F-]. The van der Waals surface area contributed by atoms with E-state index < -0.39 is 10.1 Å². The molecule has 0 amide bonds. The number of hydrogen-bond acceptors (Lipinski definition) is 2. The van der Waals surface area contributed by atoms with E-state index in [4.69, 9.17) is 4.55 Å². The molecule has 9 heavy (non-hydrogen) atoms. The smallest absolute Gasteiger partial charge is 0.261 e. The molecule has 0 saturated carbocycles. The van der Waals surface area contributed by atoms with Crippen molar-refractivity contribution < 1.29 is 49.5 Å². The second-order valence-corrected chi connectivity index (χ2v) is 2.20. The van der Waals surface area contributed by atoms with E-state index >= 15 is 0 Å². The minimum atomic E-state index is -3.67. The van der Waals surface area contributed by atoms with Crippen LogP contribution in [-0.2, 0) is 32.5 Å². The molecular weight excluding hydrogens is 257 g/mol. The van der Waals surface area contributed by atoms with E-state index in [0.717, 1.165) is 0 Å². The van der Waals surface area contributed by atoms with E-state index in [2.05, 4.69) is 0 Å². The summed E-state index contributed by atoms with van der Waals surface area (Å²) in [5, 5.41) is 0.